The number of unbranched alkanes of at least 4 members (excludes halogenated alkanes) is 2. The Labute approximate surface area is 72.6 Å². The third-order valence-corrected chi connectivity index (χ3v) is 1.38. The molecule has 0 aliphatic rings. The van der Waals surface area contributed by atoms with Crippen molar-refractivity contribution in [3.63, 3.8) is 0 Å². The average Bonchev–Trinajstić information content (AvgIpc) is 1.84. The molecule has 0 aliphatic carbocycles. The third kappa shape index (κ3) is 7.50. The Hall–Kier alpha value is -0.610. The van der Waals surface area contributed by atoms with Gasteiger partial charge in [0, 0.05) is 13.3 Å². The highest BCUT2D eigenvalue weighted by atomic mass is 16.5. The lowest BCUT2D eigenvalue weighted by Gasteiger charge is -2.16. The fourth-order valence-corrected chi connectivity index (χ4v) is 0.862. The Morgan fingerprint density at radius 2 is 2.00 bits per heavy atom. The first-order valence-electron chi connectivity index (χ1n) is 4.21. The number of nitrogens with one attached hydrogen (secondary N) is 1. The first-order valence-corrected chi connectivity index (χ1v) is 4.21. The molecule has 0 fully saturated rings. The van der Waals surface area contributed by atoms with Crippen molar-refractivity contribution in [3.8, 4) is 0 Å². The maximum absolute atomic E-state index is 10.9. The molecule has 72 valence electrons. The lowest BCUT2D eigenvalue weighted by molar-refractivity contribution is -0.177. The summed E-state index contributed by atoms with van der Waals surface area (Å²) in [6.07, 6.45) is 3.17. The summed E-state index contributed by atoms with van der Waals surface area (Å²) in [5.74, 6) is -2.40. The zero-order chi connectivity index (χ0) is 9.61. The molecule has 1 amide bonds. The lowest BCUT2D eigenvalue weighted by atomic mass is 10.2. The second kappa shape index (κ2) is 5.11. The van der Waals surface area contributed by atoms with Gasteiger partial charge in [-0.15, -0.1) is 0 Å². The Morgan fingerprint density at radius 1 is 1.42 bits per heavy atom. The van der Waals surface area contributed by atoms with E-state index in [0.29, 0.717) is 6.42 Å². The third-order valence-electron chi connectivity index (χ3n) is 1.38. The molecule has 0 aromatic carbocycles. The van der Waals surface area contributed by atoms with Crippen LogP contribution in [0, 0.1) is 0 Å². The van der Waals surface area contributed by atoms with Crippen LogP contribution in [-0.4, -0.2) is 22.0 Å². The van der Waals surface area contributed by atoms with Gasteiger partial charge in [0.2, 0.25) is 11.8 Å². The van der Waals surface area contributed by atoms with Crippen LogP contribution in [0.25, 0.3) is 0 Å². The summed E-state index contributed by atoms with van der Waals surface area (Å²) in [7, 11) is 0. The molecule has 0 bridgehead atoms. The van der Waals surface area contributed by atoms with E-state index in [2.05, 4.69) is 5.32 Å². The minimum atomic E-state index is -2.08. The van der Waals surface area contributed by atoms with Crippen molar-refractivity contribution >= 4 is 5.91 Å². The molecule has 0 aromatic heterocycles. The van der Waals surface area contributed by atoms with Crippen molar-refractivity contribution in [1.29, 1.82) is 0 Å². The second-order valence-corrected chi connectivity index (χ2v) is 3.03. The molecule has 0 rings (SSSR count). The summed E-state index contributed by atoms with van der Waals surface area (Å²) in [6, 6.07) is 0. The van der Waals surface area contributed by atoms with E-state index in [4.69, 9.17) is 10.2 Å². The standard InChI is InChI=1S/C8H17NO3/c1-3-4-5-6-7(10)9-8(2,11)12/h11-12H,3-6H2,1-2H3,(H,9,10). The molecule has 0 saturated heterocycles. The molecule has 4 heteroatoms. The van der Waals surface area contributed by atoms with Crippen LogP contribution in [0.2, 0.25) is 0 Å². The van der Waals surface area contributed by atoms with Gasteiger partial charge in [-0.1, -0.05) is 19.8 Å². The number of amides is 1. The molecule has 0 aromatic rings. The maximum atomic E-state index is 10.9. The molecule has 3 N–H and O–H groups in total. The molecule has 0 heterocycles. The topological polar surface area (TPSA) is 69.6 Å². The molecule has 0 spiro atoms. The maximum Gasteiger partial charge on any atom is 0.243 e. The number of carbonyl (C=O) groups excluding carboxylic acids is 1. The minimum absolute atomic E-state index is 0.323. The van der Waals surface area contributed by atoms with Gasteiger partial charge < -0.3 is 15.5 Å². The van der Waals surface area contributed by atoms with Crippen molar-refractivity contribution in [3.05, 3.63) is 0 Å². The summed E-state index contributed by atoms with van der Waals surface area (Å²) < 4.78 is 0. The van der Waals surface area contributed by atoms with Gasteiger partial charge in [-0.3, -0.25) is 4.79 Å². The molecule has 4 nitrogen and oxygen atoms in total. The van der Waals surface area contributed by atoms with E-state index in [1.165, 1.54) is 0 Å². The van der Waals surface area contributed by atoms with Gasteiger partial charge in [-0.25, -0.2) is 0 Å². The Kier molecular flexibility index (Phi) is 4.85. The molecule has 12 heavy (non-hydrogen) atoms. The van der Waals surface area contributed by atoms with Crippen molar-refractivity contribution < 1.29 is 15.0 Å². The zero-order valence-corrected chi connectivity index (χ0v) is 7.63. The van der Waals surface area contributed by atoms with Crippen LogP contribution < -0.4 is 5.32 Å². The number of rotatable bonds is 5. The smallest absolute Gasteiger partial charge is 0.243 e. The highest BCUT2D eigenvalue weighted by Gasteiger charge is 2.16. The summed E-state index contributed by atoms with van der Waals surface area (Å²) in [4.78, 5) is 10.9. The van der Waals surface area contributed by atoms with E-state index >= 15 is 0 Å². The highest BCUT2D eigenvalue weighted by Crippen LogP contribution is 2.00. The second-order valence-electron chi connectivity index (χ2n) is 3.03. The normalized spacial score (nSPS) is 11.3. The largest absolute Gasteiger partial charge is 0.349 e. The Balaban J connectivity index is 3.47. The highest BCUT2D eigenvalue weighted by molar-refractivity contribution is 5.76. The van der Waals surface area contributed by atoms with Gasteiger partial charge >= 0.3 is 0 Å². The van der Waals surface area contributed by atoms with Crippen molar-refractivity contribution in [2.45, 2.75) is 45.4 Å². The summed E-state index contributed by atoms with van der Waals surface area (Å²) in [5, 5.41) is 19.6. The van der Waals surface area contributed by atoms with Gasteiger partial charge in [0.15, 0.2) is 0 Å². The van der Waals surface area contributed by atoms with Crippen LogP contribution in [0.4, 0.5) is 0 Å². The van der Waals surface area contributed by atoms with Crippen LogP contribution in [0.1, 0.15) is 39.5 Å². The Morgan fingerprint density at radius 3 is 2.42 bits per heavy atom. The molecule has 0 radical (unpaired) electrons. The average molecular weight is 175 g/mol. The minimum Gasteiger partial charge on any atom is -0.349 e. The van der Waals surface area contributed by atoms with Crippen molar-refractivity contribution in [1.82, 2.24) is 5.32 Å². The van der Waals surface area contributed by atoms with Gasteiger partial charge in [-0.05, 0) is 6.42 Å². The van der Waals surface area contributed by atoms with Crippen molar-refractivity contribution in [2.24, 2.45) is 0 Å². The van der Waals surface area contributed by atoms with E-state index in [9.17, 15) is 4.79 Å². The fourth-order valence-electron chi connectivity index (χ4n) is 0.862. The lowest BCUT2D eigenvalue weighted by Crippen LogP contribution is -2.45. The van der Waals surface area contributed by atoms with Gasteiger partial charge in [0.1, 0.15) is 0 Å². The van der Waals surface area contributed by atoms with Crippen LogP contribution >= 0.6 is 0 Å². The van der Waals surface area contributed by atoms with Crippen molar-refractivity contribution in [2.75, 3.05) is 0 Å². The summed E-state index contributed by atoms with van der Waals surface area (Å²) >= 11 is 0. The first kappa shape index (κ1) is 11.4. The Bertz CT molecular complexity index is 140. The summed E-state index contributed by atoms with van der Waals surface area (Å²) in [6.45, 7) is 3.16. The van der Waals surface area contributed by atoms with Gasteiger partial charge in [-0.2, -0.15) is 0 Å². The van der Waals surface area contributed by atoms with Gasteiger partial charge in [0.05, 0.1) is 0 Å². The van der Waals surface area contributed by atoms with E-state index in [-0.39, 0.29) is 5.91 Å². The zero-order valence-electron chi connectivity index (χ0n) is 7.63. The van der Waals surface area contributed by atoms with E-state index in [1.54, 1.807) is 0 Å². The van der Waals surface area contributed by atoms with E-state index < -0.39 is 5.91 Å². The molecule has 0 atom stereocenters. The monoisotopic (exact) mass is 175 g/mol. The number of hydrogen-bond donors (Lipinski definition) is 3. The molecule has 0 unspecified atom stereocenters. The molecular weight excluding hydrogens is 158 g/mol. The molecular formula is C8H17NO3. The number of hydrogen-bond acceptors (Lipinski definition) is 3. The number of aliphatic hydroxyl groups is 2. The predicted molar refractivity (Wildman–Crippen MR) is 45.1 cm³/mol. The molecule has 0 saturated carbocycles. The fraction of sp³-hybridized carbons (Fsp3) is 0.875. The van der Waals surface area contributed by atoms with E-state index in [0.717, 1.165) is 26.2 Å². The van der Waals surface area contributed by atoms with Crippen LogP contribution in [-0.2, 0) is 4.79 Å². The van der Waals surface area contributed by atoms with Gasteiger partial charge in [0.25, 0.3) is 0 Å². The first-order chi connectivity index (χ1) is 5.45. The van der Waals surface area contributed by atoms with Crippen LogP contribution in [0.3, 0.4) is 0 Å². The molecule has 0 aliphatic heterocycles. The predicted octanol–water partition coefficient (Wildman–Crippen LogP) is 0.341. The van der Waals surface area contributed by atoms with Crippen LogP contribution in [0.5, 0.6) is 0 Å². The summed E-state index contributed by atoms with van der Waals surface area (Å²) in [5.41, 5.74) is 0. The SMILES string of the molecule is CCCCCC(=O)NC(C)(O)O. The van der Waals surface area contributed by atoms with Crippen LogP contribution in [0.15, 0.2) is 0 Å². The number of carbonyl (C=O) groups is 1. The quantitative estimate of drug-likeness (QED) is 0.417. The van der Waals surface area contributed by atoms with E-state index in [1.807, 2.05) is 6.92 Å².